The smallest absolute Gasteiger partial charge is 0.317 e. The molecule has 21 heteroatoms. The Kier molecular flexibility index (Phi) is 29.7. The molecule has 6 aromatic rings. The lowest BCUT2D eigenvalue weighted by Gasteiger charge is -2.30. The molecule has 2 aliphatic carbocycles. The number of ether oxygens (including phenoxy) is 4. The number of nitrogens with zero attached hydrogens (tertiary/aromatic N) is 10. The number of carbonyl (C=O) groups excluding carboxylic acids is 4. The Morgan fingerprint density at radius 1 is 0.652 bits per heavy atom. The number of hydrogen-bond donors (Lipinski definition) is 1. The number of cyclic esters (lactones) is 2. The van der Waals surface area contributed by atoms with Gasteiger partial charge in [0.25, 0.3) is 0 Å². The fourth-order valence-corrected chi connectivity index (χ4v) is 13.0. The van der Waals surface area contributed by atoms with Crippen molar-refractivity contribution in [3.05, 3.63) is 170 Å². The molecule has 2 saturated carbocycles. The number of carbonyl (C=O) groups is 4. The van der Waals surface area contributed by atoms with E-state index in [0.29, 0.717) is 73.3 Å². The Hall–Kier alpha value is -8.80. The second-order valence-electron chi connectivity index (χ2n) is 22.0. The molecule has 1 N–H and O–H groups in total. The largest absolute Gasteiger partial charge is 0.463 e. The maximum Gasteiger partial charge on any atom is 0.317 e. The summed E-state index contributed by atoms with van der Waals surface area (Å²) in [5.41, 5.74) is 9.43. The lowest BCUT2D eigenvalue weighted by atomic mass is 9.77. The predicted octanol–water partition coefficient (Wildman–Crippen LogP) is 18.3. The molecule has 92 heavy (non-hydrogen) atoms. The number of aliphatic hydroxyl groups is 1. The van der Waals surface area contributed by atoms with Gasteiger partial charge in [-0.1, -0.05) is 108 Å². The molecule has 0 bridgehead atoms. The van der Waals surface area contributed by atoms with E-state index in [1.807, 2.05) is 105 Å². The highest BCUT2D eigenvalue weighted by Crippen LogP contribution is 2.48. The summed E-state index contributed by atoms with van der Waals surface area (Å²) in [7, 11) is 0. The molecule has 1 aliphatic heterocycles. The van der Waals surface area contributed by atoms with Crippen molar-refractivity contribution in [3.8, 4) is 6.07 Å². The van der Waals surface area contributed by atoms with E-state index >= 15 is 0 Å². The van der Waals surface area contributed by atoms with E-state index in [4.69, 9.17) is 33.9 Å². The fourth-order valence-electron chi connectivity index (χ4n) is 11.2. The molecule has 2 aromatic heterocycles. The first-order valence-electron chi connectivity index (χ1n) is 30.3. The minimum Gasteiger partial charge on any atom is -0.463 e. The fraction of sp³-hybridized carbons (Fsp3) is 0.437. The van der Waals surface area contributed by atoms with Crippen LogP contribution in [-0.4, -0.2) is 81.4 Å². The molecular formula is C71H84N10O9S2. The van der Waals surface area contributed by atoms with Gasteiger partial charge in [-0.3, -0.25) is 19.2 Å². The summed E-state index contributed by atoms with van der Waals surface area (Å²) in [6, 6.07) is 34.0. The molecule has 0 amide bonds. The molecule has 0 radical (unpaired) electrons. The maximum atomic E-state index is 12.8. The number of rotatable bonds is 23. The highest BCUT2D eigenvalue weighted by atomic mass is 32.1. The first-order chi connectivity index (χ1) is 43.6. The third-order valence-electron chi connectivity index (χ3n) is 16.3. The molecule has 484 valence electrons. The van der Waals surface area contributed by atoms with E-state index in [1.54, 1.807) is 20.8 Å². The molecule has 3 fully saturated rings. The zero-order valence-electron chi connectivity index (χ0n) is 52.0. The summed E-state index contributed by atoms with van der Waals surface area (Å²) in [5.74, 6) is -1.63. The van der Waals surface area contributed by atoms with Crippen LogP contribution in [0.1, 0.15) is 137 Å². The highest BCUT2D eigenvalue weighted by Gasteiger charge is 2.45. The van der Waals surface area contributed by atoms with Crippen LogP contribution in [-0.2, 0) is 38.1 Å². The molecule has 6 unspecified atom stereocenters. The van der Waals surface area contributed by atoms with Crippen LogP contribution >= 0.6 is 22.7 Å². The van der Waals surface area contributed by atoms with Gasteiger partial charge >= 0.3 is 17.9 Å². The van der Waals surface area contributed by atoms with Crippen LogP contribution in [0.2, 0.25) is 0 Å². The van der Waals surface area contributed by atoms with E-state index in [0.717, 1.165) is 91.7 Å². The van der Waals surface area contributed by atoms with Crippen molar-refractivity contribution < 1.29 is 43.2 Å². The van der Waals surface area contributed by atoms with Crippen molar-refractivity contribution in [1.29, 1.82) is 5.26 Å². The van der Waals surface area contributed by atoms with Crippen molar-refractivity contribution in [2.45, 2.75) is 127 Å². The van der Waals surface area contributed by atoms with Gasteiger partial charge in [-0.05, 0) is 137 Å². The van der Waals surface area contributed by atoms with Crippen molar-refractivity contribution in [1.82, 2.24) is 0 Å². The number of thiophene rings is 2. The standard InChI is InChI=1S/C35H39N5O4S.C26H27N5O2S.C8H10O3.2CH4/c1-6-40(27-16-17-30(23(2)20-27)38-39-34-33(37-5)24(3)32(21-36)45-34)22-31(26-12-8-7-9-13-26)43-18-19-44-35(42)29-15-11-10-14-28(29)25(4)41;1-6-31(17-23(33-15-14-32)20-10-8-7-9-11-20)21-12-13-22(18(2)16-21)29-30-26-24(27-4)19(3)25(28-5)34-26;9-7-5-3-1-2-4-6(5)8(10)11-7;;/h7-9,12-13,16-17,20,28-29,31H,6,10-11,14-15,18-19,22H2,1-4H3;7-13,16,23,32H,6,14-15,17H2,1-3H3;5-6H,1-4H2;2*1H4. The number of esters is 3. The van der Waals surface area contributed by atoms with Crippen LogP contribution in [0.5, 0.6) is 0 Å². The van der Waals surface area contributed by atoms with Crippen LogP contribution in [0.4, 0.5) is 49.1 Å². The third kappa shape index (κ3) is 19.4. The summed E-state index contributed by atoms with van der Waals surface area (Å²) in [5, 5.41) is 37.3. The average molecular weight is 1290 g/mol. The number of anilines is 2. The van der Waals surface area contributed by atoms with Gasteiger partial charge in [-0.15, -0.1) is 22.7 Å². The molecule has 3 heterocycles. The zero-order valence-corrected chi connectivity index (χ0v) is 53.7. The topological polar surface area (TPSA) is 218 Å². The van der Waals surface area contributed by atoms with E-state index < -0.39 is 0 Å². The molecule has 1 saturated heterocycles. The first-order valence-corrected chi connectivity index (χ1v) is 31.9. The third-order valence-corrected chi connectivity index (χ3v) is 18.4. The number of nitriles is 1. The van der Waals surface area contributed by atoms with Crippen LogP contribution in [0, 0.1) is 82.4 Å². The maximum absolute atomic E-state index is 12.8. The molecule has 4 aromatic carbocycles. The van der Waals surface area contributed by atoms with Crippen molar-refractivity contribution in [3.63, 3.8) is 0 Å². The van der Waals surface area contributed by atoms with E-state index in [2.05, 4.69) is 75.5 Å². The molecule has 9 rings (SSSR count). The predicted molar refractivity (Wildman–Crippen MR) is 363 cm³/mol. The Morgan fingerprint density at radius 2 is 1.12 bits per heavy atom. The number of hydrogen-bond acceptors (Lipinski definition) is 18. The molecule has 6 atom stereocenters. The van der Waals surface area contributed by atoms with E-state index in [-0.39, 0.29) is 101 Å². The van der Waals surface area contributed by atoms with Crippen molar-refractivity contribution >= 4 is 95.5 Å². The van der Waals surface area contributed by atoms with Crippen LogP contribution < -0.4 is 9.80 Å². The summed E-state index contributed by atoms with van der Waals surface area (Å²) in [6.45, 7) is 38.7. The number of aliphatic hydroxyl groups excluding tert-OH is 1. The second-order valence-corrected chi connectivity index (χ2v) is 24.0. The summed E-state index contributed by atoms with van der Waals surface area (Å²) < 4.78 is 22.4. The first kappa shape index (κ1) is 73.9. The van der Waals surface area contributed by atoms with Gasteiger partial charge in [-0.25, -0.2) is 14.5 Å². The highest BCUT2D eigenvalue weighted by molar-refractivity contribution is 7.20. The minimum atomic E-state index is -0.360. The van der Waals surface area contributed by atoms with Crippen LogP contribution in [0.25, 0.3) is 14.5 Å². The van der Waals surface area contributed by atoms with Crippen LogP contribution in [0.3, 0.4) is 0 Å². The van der Waals surface area contributed by atoms with Gasteiger partial charge in [0.05, 0.1) is 73.5 Å². The lowest BCUT2D eigenvalue weighted by Crippen LogP contribution is -2.33. The van der Waals surface area contributed by atoms with Crippen molar-refractivity contribution in [2.75, 3.05) is 62.4 Å². The van der Waals surface area contributed by atoms with E-state index in [9.17, 15) is 29.5 Å². The van der Waals surface area contributed by atoms with E-state index in [1.165, 1.54) is 22.7 Å². The Bertz CT molecular complexity index is 3670. The van der Waals surface area contributed by atoms with Gasteiger partial charge < -0.3 is 33.9 Å². The molecular weight excluding hydrogens is 1200 g/mol. The minimum absolute atomic E-state index is 0. The van der Waals surface area contributed by atoms with Gasteiger partial charge in [0.1, 0.15) is 40.7 Å². The molecule has 0 spiro atoms. The summed E-state index contributed by atoms with van der Waals surface area (Å²) in [4.78, 5) is 62.3. The van der Waals surface area contributed by atoms with Gasteiger partial charge in [0.2, 0.25) is 16.4 Å². The number of Topliss-reactive ketones (excluding diaryl/α,β-unsaturated/α-hetero) is 1. The Balaban J connectivity index is 0.000000286. The summed E-state index contributed by atoms with van der Waals surface area (Å²) in [6.07, 6.45) is 6.72. The monoisotopic (exact) mass is 1280 g/mol. The van der Waals surface area contributed by atoms with Gasteiger partial charge in [-0.2, -0.15) is 25.7 Å². The average Bonchev–Trinajstić information content (AvgIpc) is 1.84. The normalized spacial score (nSPS) is 17.0. The van der Waals surface area contributed by atoms with Gasteiger partial charge in [0.15, 0.2) is 0 Å². The molecule has 3 aliphatic rings. The quantitative estimate of drug-likeness (QED) is 0.0208. The SMILES string of the molecule is C.C.O=C1OC(=O)C2CCCCC12.[C-]#[N+]c1c(N=Nc2ccc(N(CC)CC(OCCOC(=O)C3CCCCC3C(C)=O)c3ccccc3)cc2C)sc(C#N)c1C.[C-]#[N+]c1sc(N=Nc2ccc(N(CC)CC(OCCO)c3ccccc3)cc2C)c([N+]#[C-])c1C. The number of likely N-dealkylation sites (N-methyl/N-ethyl adjacent to an activating group) is 2. The van der Waals surface area contributed by atoms with Crippen LogP contribution in [0.15, 0.2) is 118 Å². The second kappa shape index (κ2) is 36.9. The number of ketones is 1. The lowest BCUT2D eigenvalue weighted by molar-refractivity contribution is -0.156. The number of benzene rings is 4. The number of fused-ring (bicyclic) bond motifs is 1. The molecule has 19 nitrogen and oxygen atoms in total. The Labute approximate surface area is 550 Å². The zero-order chi connectivity index (χ0) is 64.7. The number of azo groups is 2. The van der Waals surface area contributed by atoms with Crippen molar-refractivity contribution in [2.24, 2.45) is 44.1 Å². The van der Waals surface area contributed by atoms with Gasteiger partial charge in [0, 0.05) is 43.5 Å². The summed E-state index contributed by atoms with van der Waals surface area (Å²) >= 11 is 2.36. The number of aryl methyl sites for hydroxylation is 2. The Morgan fingerprint density at radius 3 is 1.57 bits per heavy atom.